The molecular formula is C24H32ClNO3S. The zero-order chi connectivity index (χ0) is 22.2. The molecule has 1 saturated heterocycles. The van der Waals surface area contributed by atoms with Gasteiger partial charge in [0.05, 0.1) is 11.0 Å². The van der Waals surface area contributed by atoms with Gasteiger partial charge in [-0.1, -0.05) is 35.9 Å². The molecule has 0 saturated carbocycles. The highest BCUT2D eigenvalue weighted by Crippen LogP contribution is 2.43. The van der Waals surface area contributed by atoms with E-state index < -0.39 is 15.9 Å². The molecule has 3 rings (SSSR count). The lowest BCUT2D eigenvalue weighted by molar-refractivity contribution is 0.0259. The minimum Gasteiger partial charge on any atom is -0.393 e. The molecule has 0 radical (unpaired) electrons. The van der Waals surface area contributed by atoms with Gasteiger partial charge < -0.3 is 5.11 Å². The number of likely N-dealkylation sites (tertiary alicyclic amines) is 1. The SMILES string of the molecule is C[C@@H](O)[C@]1(CCc2ccc(S(C)(=O)=O)cc2)CCN(C(C)(C)c2ccc(Cl)cc2)C1. The second-order valence-corrected chi connectivity index (χ2v) is 11.6. The second kappa shape index (κ2) is 8.62. The standard InChI is InChI=1S/C24H32ClNO3S/c1-18(27)24(14-13-19-5-11-22(12-6-19)30(4,28)29)15-16-26(17-24)23(2,3)20-7-9-21(25)10-8-20/h5-12,18,27H,13-17H2,1-4H3/t18-,24-/m1/s1. The van der Waals surface area contributed by atoms with Crippen LogP contribution in [-0.4, -0.2) is 43.9 Å². The second-order valence-electron chi connectivity index (χ2n) is 9.19. The van der Waals surface area contributed by atoms with Gasteiger partial charge in [-0.15, -0.1) is 0 Å². The minimum absolute atomic E-state index is 0.154. The molecule has 0 aliphatic carbocycles. The molecule has 1 aliphatic heterocycles. The van der Waals surface area contributed by atoms with E-state index in [0.29, 0.717) is 4.90 Å². The summed E-state index contributed by atoms with van der Waals surface area (Å²) < 4.78 is 23.3. The van der Waals surface area contributed by atoms with E-state index in [1.165, 1.54) is 11.8 Å². The lowest BCUT2D eigenvalue weighted by atomic mass is 9.76. The molecule has 2 aromatic rings. The van der Waals surface area contributed by atoms with Crippen LogP contribution in [0.15, 0.2) is 53.4 Å². The van der Waals surface area contributed by atoms with Crippen LogP contribution < -0.4 is 0 Å². The van der Waals surface area contributed by atoms with Gasteiger partial charge in [0.25, 0.3) is 0 Å². The summed E-state index contributed by atoms with van der Waals surface area (Å²) in [4.78, 5) is 2.80. The van der Waals surface area contributed by atoms with E-state index in [2.05, 4.69) is 30.9 Å². The van der Waals surface area contributed by atoms with E-state index in [1.54, 1.807) is 12.1 Å². The van der Waals surface area contributed by atoms with Gasteiger partial charge in [0.15, 0.2) is 9.84 Å². The maximum Gasteiger partial charge on any atom is 0.175 e. The molecule has 2 atom stereocenters. The van der Waals surface area contributed by atoms with E-state index >= 15 is 0 Å². The maximum atomic E-state index is 11.7. The zero-order valence-electron chi connectivity index (χ0n) is 18.2. The van der Waals surface area contributed by atoms with Crippen molar-refractivity contribution in [2.45, 2.75) is 56.6 Å². The molecule has 0 amide bonds. The summed E-state index contributed by atoms with van der Waals surface area (Å²) in [5.74, 6) is 0. The molecule has 6 heteroatoms. The summed E-state index contributed by atoms with van der Waals surface area (Å²) in [7, 11) is -3.18. The molecule has 1 aliphatic rings. The van der Waals surface area contributed by atoms with Gasteiger partial charge in [-0.05, 0) is 82.0 Å². The van der Waals surface area contributed by atoms with Crippen molar-refractivity contribution in [2.75, 3.05) is 19.3 Å². The highest BCUT2D eigenvalue weighted by atomic mass is 35.5. The van der Waals surface area contributed by atoms with E-state index in [1.807, 2.05) is 31.2 Å². The number of hydrogen-bond donors (Lipinski definition) is 1. The smallest absolute Gasteiger partial charge is 0.175 e. The van der Waals surface area contributed by atoms with Gasteiger partial charge in [-0.25, -0.2) is 8.42 Å². The topological polar surface area (TPSA) is 57.6 Å². The largest absolute Gasteiger partial charge is 0.393 e. The van der Waals surface area contributed by atoms with Crippen molar-refractivity contribution < 1.29 is 13.5 Å². The highest BCUT2D eigenvalue weighted by Gasteiger charge is 2.45. The molecule has 1 heterocycles. The van der Waals surface area contributed by atoms with Crippen LogP contribution in [0, 0.1) is 5.41 Å². The molecule has 0 bridgehead atoms. The van der Waals surface area contributed by atoms with Gasteiger partial charge in [-0.3, -0.25) is 4.90 Å². The number of aliphatic hydroxyl groups excluding tert-OH is 1. The first kappa shape index (κ1) is 23.3. The summed E-state index contributed by atoms with van der Waals surface area (Å²) in [5, 5.41) is 11.4. The Labute approximate surface area is 185 Å². The van der Waals surface area contributed by atoms with Crippen LogP contribution in [0.3, 0.4) is 0 Å². The molecule has 1 fully saturated rings. The van der Waals surface area contributed by atoms with Crippen molar-refractivity contribution >= 4 is 21.4 Å². The van der Waals surface area contributed by atoms with E-state index in [0.717, 1.165) is 42.9 Å². The van der Waals surface area contributed by atoms with E-state index in [-0.39, 0.29) is 11.0 Å². The summed E-state index contributed by atoms with van der Waals surface area (Å²) >= 11 is 6.06. The summed E-state index contributed by atoms with van der Waals surface area (Å²) in [5.41, 5.74) is 1.97. The predicted octanol–water partition coefficient (Wildman–Crippen LogP) is 4.68. The number of benzene rings is 2. The van der Waals surface area contributed by atoms with Crippen molar-refractivity contribution in [3.8, 4) is 0 Å². The number of hydrogen-bond acceptors (Lipinski definition) is 4. The van der Waals surface area contributed by atoms with Gasteiger partial charge in [0.2, 0.25) is 0 Å². The summed E-state index contributed by atoms with van der Waals surface area (Å²) in [6.45, 7) is 8.08. The van der Waals surface area contributed by atoms with E-state index in [4.69, 9.17) is 11.6 Å². The fraction of sp³-hybridized carbons (Fsp3) is 0.500. The Hall–Kier alpha value is -1.40. The third kappa shape index (κ3) is 4.91. The van der Waals surface area contributed by atoms with Gasteiger partial charge >= 0.3 is 0 Å². The summed E-state index contributed by atoms with van der Waals surface area (Å²) in [6.07, 6.45) is 3.40. The monoisotopic (exact) mass is 449 g/mol. The molecular weight excluding hydrogens is 418 g/mol. The molecule has 0 aromatic heterocycles. The lowest BCUT2D eigenvalue weighted by Gasteiger charge is -2.39. The molecule has 164 valence electrons. The Bertz CT molecular complexity index is 969. The van der Waals surface area contributed by atoms with Crippen LogP contribution >= 0.6 is 11.6 Å². The van der Waals surface area contributed by atoms with Gasteiger partial charge in [0.1, 0.15) is 0 Å². The Morgan fingerprint density at radius 2 is 1.73 bits per heavy atom. The van der Waals surface area contributed by atoms with Gasteiger partial charge in [-0.2, -0.15) is 0 Å². The van der Waals surface area contributed by atoms with Crippen LogP contribution in [0.5, 0.6) is 0 Å². The average Bonchev–Trinajstić information content (AvgIpc) is 3.13. The number of sulfone groups is 1. The third-order valence-corrected chi connectivity index (χ3v) is 8.26. The number of aryl methyl sites for hydroxylation is 1. The Morgan fingerprint density at radius 3 is 2.27 bits per heavy atom. The normalized spacial score (nSPS) is 21.7. The van der Waals surface area contributed by atoms with Crippen LogP contribution in [0.25, 0.3) is 0 Å². The first-order valence-electron chi connectivity index (χ1n) is 10.4. The van der Waals surface area contributed by atoms with E-state index in [9.17, 15) is 13.5 Å². The third-order valence-electron chi connectivity index (χ3n) is 6.88. The molecule has 0 unspecified atom stereocenters. The Morgan fingerprint density at radius 1 is 1.13 bits per heavy atom. The fourth-order valence-electron chi connectivity index (χ4n) is 4.46. The first-order valence-corrected chi connectivity index (χ1v) is 12.7. The number of halogens is 1. The number of aliphatic hydroxyl groups is 1. The summed E-state index contributed by atoms with van der Waals surface area (Å²) in [6, 6.07) is 15.1. The minimum atomic E-state index is -3.18. The Kier molecular flexibility index (Phi) is 6.68. The molecule has 30 heavy (non-hydrogen) atoms. The Balaban J connectivity index is 1.73. The van der Waals surface area contributed by atoms with Gasteiger partial charge in [0, 0.05) is 28.8 Å². The lowest BCUT2D eigenvalue weighted by Crippen LogP contribution is -2.44. The number of nitrogens with zero attached hydrogens (tertiary/aromatic N) is 1. The highest BCUT2D eigenvalue weighted by molar-refractivity contribution is 7.90. The van der Waals surface area contributed by atoms with Crippen LogP contribution in [0.4, 0.5) is 0 Å². The molecule has 0 spiro atoms. The first-order chi connectivity index (χ1) is 13.9. The number of rotatable bonds is 7. The van der Waals surface area contributed by atoms with Crippen LogP contribution in [-0.2, 0) is 21.8 Å². The van der Waals surface area contributed by atoms with Crippen molar-refractivity contribution in [2.24, 2.45) is 5.41 Å². The molecule has 2 aromatic carbocycles. The molecule has 4 nitrogen and oxygen atoms in total. The van der Waals surface area contributed by atoms with Crippen LogP contribution in [0.1, 0.15) is 44.7 Å². The van der Waals surface area contributed by atoms with Crippen molar-refractivity contribution in [3.05, 3.63) is 64.7 Å². The zero-order valence-corrected chi connectivity index (χ0v) is 19.8. The predicted molar refractivity (Wildman–Crippen MR) is 123 cm³/mol. The van der Waals surface area contributed by atoms with Crippen LogP contribution in [0.2, 0.25) is 5.02 Å². The van der Waals surface area contributed by atoms with Crippen molar-refractivity contribution in [3.63, 3.8) is 0 Å². The molecule has 1 N–H and O–H groups in total. The quantitative estimate of drug-likeness (QED) is 0.666. The van der Waals surface area contributed by atoms with Crippen molar-refractivity contribution in [1.29, 1.82) is 0 Å². The van der Waals surface area contributed by atoms with Crippen molar-refractivity contribution in [1.82, 2.24) is 4.90 Å². The average molecular weight is 450 g/mol. The fourth-order valence-corrected chi connectivity index (χ4v) is 5.22. The maximum absolute atomic E-state index is 11.7.